The number of amides is 1. The van der Waals surface area contributed by atoms with Crippen LogP contribution in [0.4, 0.5) is 18.9 Å². The van der Waals surface area contributed by atoms with E-state index in [1.807, 2.05) is 0 Å². The Labute approximate surface area is 159 Å². The Hall–Kier alpha value is -3.60. The molecule has 2 rings (SSSR count). The van der Waals surface area contributed by atoms with Gasteiger partial charge in [-0.15, -0.1) is 0 Å². The highest BCUT2D eigenvalue weighted by Crippen LogP contribution is 2.31. The summed E-state index contributed by atoms with van der Waals surface area (Å²) >= 11 is 0. The molecular formula is C20H15F3N2O3. The van der Waals surface area contributed by atoms with Crippen molar-refractivity contribution in [2.45, 2.75) is 13.1 Å². The van der Waals surface area contributed by atoms with E-state index in [9.17, 15) is 22.8 Å². The number of nitrogens with one attached hydrogen (secondary N) is 1. The molecule has 144 valence electrons. The molecule has 0 saturated carbocycles. The SMILES string of the molecule is C=C(C)C(=O)C(C#N)C(=O)Nc1ccc(Oc2ccc(C(F)(F)F)cc2)cc1. The third-order valence-corrected chi connectivity index (χ3v) is 3.61. The van der Waals surface area contributed by atoms with E-state index in [0.717, 1.165) is 12.1 Å². The van der Waals surface area contributed by atoms with Crippen LogP contribution >= 0.6 is 0 Å². The van der Waals surface area contributed by atoms with Gasteiger partial charge in [0, 0.05) is 5.69 Å². The molecule has 0 aliphatic heterocycles. The number of rotatable bonds is 6. The van der Waals surface area contributed by atoms with Gasteiger partial charge in [0.2, 0.25) is 5.91 Å². The third-order valence-electron chi connectivity index (χ3n) is 3.61. The summed E-state index contributed by atoms with van der Waals surface area (Å²) in [6, 6.07) is 11.7. The summed E-state index contributed by atoms with van der Waals surface area (Å²) in [5, 5.41) is 11.4. The number of ether oxygens (including phenoxy) is 1. The van der Waals surface area contributed by atoms with Crippen molar-refractivity contribution < 1.29 is 27.5 Å². The van der Waals surface area contributed by atoms with Crippen LogP contribution in [0.3, 0.4) is 0 Å². The maximum atomic E-state index is 12.6. The van der Waals surface area contributed by atoms with E-state index < -0.39 is 29.3 Å². The van der Waals surface area contributed by atoms with Crippen LogP contribution in [0.25, 0.3) is 0 Å². The molecule has 1 unspecified atom stereocenters. The lowest BCUT2D eigenvalue weighted by atomic mass is 10.00. The van der Waals surface area contributed by atoms with Crippen LogP contribution in [0, 0.1) is 17.2 Å². The van der Waals surface area contributed by atoms with E-state index in [1.165, 1.54) is 43.3 Å². The first-order valence-electron chi connectivity index (χ1n) is 7.97. The number of ketones is 1. The number of allylic oxidation sites excluding steroid dienone is 1. The summed E-state index contributed by atoms with van der Waals surface area (Å²) in [4.78, 5) is 23.8. The summed E-state index contributed by atoms with van der Waals surface area (Å²) in [6.45, 7) is 4.83. The van der Waals surface area contributed by atoms with Crippen LogP contribution in [0.5, 0.6) is 11.5 Å². The minimum absolute atomic E-state index is 0.0991. The van der Waals surface area contributed by atoms with Gasteiger partial charge in [-0.2, -0.15) is 18.4 Å². The number of Topliss-reactive ketones (excluding diaryl/α,β-unsaturated/α-hetero) is 1. The Morgan fingerprint density at radius 2 is 1.57 bits per heavy atom. The van der Waals surface area contributed by atoms with Crippen molar-refractivity contribution in [2.24, 2.45) is 5.92 Å². The largest absolute Gasteiger partial charge is 0.457 e. The molecule has 2 aromatic carbocycles. The second kappa shape index (κ2) is 8.39. The van der Waals surface area contributed by atoms with Gasteiger partial charge < -0.3 is 10.1 Å². The number of carbonyl (C=O) groups excluding carboxylic acids is 2. The van der Waals surface area contributed by atoms with Crippen LogP contribution in [0.15, 0.2) is 60.7 Å². The first-order chi connectivity index (χ1) is 13.1. The van der Waals surface area contributed by atoms with E-state index in [2.05, 4.69) is 11.9 Å². The number of nitrogens with zero attached hydrogens (tertiary/aromatic N) is 1. The Morgan fingerprint density at radius 1 is 1.07 bits per heavy atom. The van der Waals surface area contributed by atoms with Gasteiger partial charge in [0.25, 0.3) is 0 Å². The predicted molar refractivity (Wildman–Crippen MR) is 95.5 cm³/mol. The topological polar surface area (TPSA) is 79.2 Å². The van der Waals surface area contributed by atoms with Crippen molar-refractivity contribution in [1.82, 2.24) is 0 Å². The van der Waals surface area contributed by atoms with Crippen LogP contribution in [-0.2, 0) is 15.8 Å². The maximum Gasteiger partial charge on any atom is 0.416 e. The van der Waals surface area contributed by atoms with Gasteiger partial charge in [0.15, 0.2) is 11.7 Å². The molecule has 0 aliphatic carbocycles. The number of halogens is 3. The average Bonchev–Trinajstić information content (AvgIpc) is 2.63. The number of nitriles is 1. The normalized spacial score (nSPS) is 11.8. The fourth-order valence-electron chi connectivity index (χ4n) is 2.15. The smallest absolute Gasteiger partial charge is 0.416 e. The van der Waals surface area contributed by atoms with Crippen molar-refractivity contribution >= 4 is 17.4 Å². The number of hydrogen-bond donors (Lipinski definition) is 1. The minimum atomic E-state index is -4.43. The van der Waals surface area contributed by atoms with Gasteiger partial charge >= 0.3 is 6.18 Å². The van der Waals surface area contributed by atoms with Crippen molar-refractivity contribution in [3.8, 4) is 17.6 Å². The molecule has 0 spiro atoms. The lowest BCUT2D eigenvalue weighted by Crippen LogP contribution is -2.28. The summed E-state index contributed by atoms with van der Waals surface area (Å²) < 4.78 is 43.1. The molecule has 2 aromatic rings. The van der Waals surface area contributed by atoms with E-state index in [1.54, 1.807) is 6.07 Å². The first-order valence-corrected chi connectivity index (χ1v) is 7.97. The molecule has 0 aliphatic rings. The first kappa shape index (κ1) is 20.7. The van der Waals surface area contributed by atoms with Crippen molar-refractivity contribution in [2.75, 3.05) is 5.32 Å². The summed E-state index contributed by atoms with van der Waals surface area (Å²) in [5.74, 6) is -2.41. The third kappa shape index (κ3) is 5.20. The predicted octanol–water partition coefficient (Wildman–Crippen LogP) is 4.72. The number of alkyl halides is 3. The molecule has 0 aromatic heterocycles. The molecule has 1 amide bonds. The summed E-state index contributed by atoms with van der Waals surface area (Å²) in [7, 11) is 0. The van der Waals surface area contributed by atoms with Gasteiger partial charge in [0.05, 0.1) is 11.6 Å². The zero-order valence-electron chi connectivity index (χ0n) is 14.7. The van der Waals surface area contributed by atoms with E-state index in [-0.39, 0.29) is 11.3 Å². The van der Waals surface area contributed by atoms with Crippen LogP contribution in [0.1, 0.15) is 12.5 Å². The monoisotopic (exact) mass is 388 g/mol. The zero-order chi connectivity index (χ0) is 20.9. The Morgan fingerprint density at radius 3 is 2.00 bits per heavy atom. The highest BCUT2D eigenvalue weighted by molar-refractivity contribution is 6.14. The molecule has 1 N–H and O–H groups in total. The molecule has 5 nitrogen and oxygen atoms in total. The summed E-state index contributed by atoms with van der Waals surface area (Å²) in [5.41, 5.74) is -0.365. The lowest BCUT2D eigenvalue weighted by molar-refractivity contribution is -0.137. The fraction of sp³-hybridized carbons (Fsp3) is 0.150. The van der Waals surface area contributed by atoms with E-state index in [4.69, 9.17) is 10.00 Å². The van der Waals surface area contributed by atoms with Gasteiger partial charge in [-0.25, -0.2) is 0 Å². The van der Waals surface area contributed by atoms with Crippen molar-refractivity contribution in [3.63, 3.8) is 0 Å². The van der Waals surface area contributed by atoms with Gasteiger partial charge in [-0.3, -0.25) is 9.59 Å². The van der Waals surface area contributed by atoms with Gasteiger partial charge in [-0.1, -0.05) is 6.58 Å². The number of benzene rings is 2. The average molecular weight is 388 g/mol. The standard InChI is InChI=1S/C20H15F3N2O3/c1-12(2)18(26)17(11-24)19(27)25-14-5-9-16(10-6-14)28-15-7-3-13(4-8-15)20(21,22)23/h3-10,17H,1H2,2H3,(H,25,27). The second-order valence-corrected chi connectivity index (χ2v) is 5.84. The van der Waals surface area contributed by atoms with Crippen LogP contribution in [0.2, 0.25) is 0 Å². The highest BCUT2D eigenvalue weighted by atomic mass is 19.4. The Balaban J connectivity index is 2.03. The Kier molecular flexibility index (Phi) is 6.21. The number of anilines is 1. The summed E-state index contributed by atoms with van der Waals surface area (Å²) in [6.07, 6.45) is -4.43. The second-order valence-electron chi connectivity index (χ2n) is 5.84. The number of carbonyl (C=O) groups is 2. The number of hydrogen-bond acceptors (Lipinski definition) is 4. The van der Waals surface area contributed by atoms with Crippen molar-refractivity contribution in [1.29, 1.82) is 5.26 Å². The molecule has 0 radical (unpaired) electrons. The van der Waals surface area contributed by atoms with Crippen LogP contribution < -0.4 is 10.1 Å². The molecule has 28 heavy (non-hydrogen) atoms. The fourth-order valence-corrected chi connectivity index (χ4v) is 2.15. The molecule has 8 heteroatoms. The van der Waals surface area contributed by atoms with Gasteiger partial charge in [0.1, 0.15) is 11.5 Å². The molecule has 0 bridgehead atoms. The Bertz CT molecular complexity index is 927. The molecule has 1 atom stereocenters. The lowest BCUT2D eigenvalue weighted by Gasteiger charge is -2.11. The molecule has 0 fully saturated rings. The maximum absolute atomic E-state index is 12.6. The quantitative estimate of drug-likeness (QED) is 0.574. The van der Waals surface area contributed by atoms with Gasteiger partial charge in [-0.05, 0) is 61.0 Å². The van der Waals surface area contributed by atoms with E-state index in [0.29, 0.717) is 11.4 Å². The minimum Gasteiger partial charge on any atom is -0.457 e. The molecule has 0 saturated heterocycles. The molecule has 0 heterocycles. The zero-order valence-corrected chi connectivity index (χ0v) is 14.7. The van der Waals surface area contributed by atoms with E-state index >= 15 is 0 Å². The molecular weight excluding hydrogens is 373 g/mol. The van der Waals surface area contributed by atoms with Crippen LogP contribution in [-0.4, -0.2) is 11.7 Å². The highest BCUT2D eigenvalue weighted by Gasteiger charge is 2.30. The van der Waals surface area contributed by atoms with Crippen molar-refractivity contribution in [3.05, 3.63) is 66.2 Å².